The minimum atomic E-state index is 0.00806. The van der Waals surface area contributed by atoms with Crippen molar-refractivity contribution in [3.8, 4) is 0 Å². The van der Waals surface area contributed by atoms with Crippen LogP contribution in [0.5, 0.6) is 0 Å². The number of rotatable bonds is 4. The second-order valence-corrected chi connectivity index (χ2v) is 4.91. The van der Waals surface area contributed by atoms with Crippen LogP contribution in [0.1, 0.15) is 18.9 Å². The number of hydrogen-bond donors (Lipinski definition) is 2. The predicted molar refractivity (Wildman–Crippen MR) is 70.3 cm³/mol. The fourth-order valence-corrected chi connectivity index (χ4v) is 1.66. The number of nitrogens with one attached hydrogen (secondary N) is 1. The van der Waals surface area contributed by atoms with Gasteiger partial charge in [-0.3, -0.25) is 4.79 Å². The Morgan fingerprint density at radius 3 is 2.81 bits per heavy atom. The van der Waals surface area contributed by atoms with Gasteiger partial charge in [0.05, 0.1) is 0 Å². The van der Waals surface area contributed by atoms with Crippen molar-refractivity contribution in [3.05, 3.63) is 28.2 Å². The molecule has 1 aromatic rings. The molecule has 1 atom stereocenters. The molecule has 4 heteroatoms. The van der Waals surface area contributed by atoms with Gasteiger partial charge in [0.2, 0.25) is 5.91 Å². The van der Waals surface area contributed by atoms with E-state index in [-0.39, 0.29) is 11.8 Å². The van der Waals surface area contributed by atoms with Crippen LogP contribution in [0, 0.1) is 12.8 Å². The molecule has 0 bridgehead atoms. The van der Waals surface area contributed by atoms with Gasteiger partial charge >= 0.3 is 0 Å². The molecule has 0 radical (unpaired) electrons. The molecule has 0 spiro atoms. The fourth-order valence-electron chi connectivity index (χ4n) is 1.28. The molecule has 0 heterocycles. The molecule has 3 nitrogen and oxygen atoms in total. The summed E-state index contributed by atoms with van der Waals surface area (Å²) in [7, 11) is 0. The maximum absolute atomic E-state index is 11.6. The van der Waals surface area contributed by atoms with E-state index in [0.717, 1.165) is 15.7 Å². The second-order valence-electron chi connectivity index (χ2n) is 4.06. The fraction of sp³-hybridized carbons (Fsp3) is 0.417. The van der Waals surface area contributed by atoms with Gasteiger partial charge in [0.25, 0.3) is 0 Å². The van der Waals surface area contributed by atoms with Crippen LogP contribution in [-0.4, -0.2) is 12.5 Å². The zero-order valence-electron chi connectivity index (χ0n) is 9.59. The normalized spacial score (nSPS) is 12.2. The van der Waals surface area contributed by atoms with Crippen molar-refractivity contribution < 1.29 is 4.79 Å². The van der Waals surface area contributed by atoms with Gasteiger partial charge in [-0.05, 0) is 37.1 Å². The minimum absolute atomic E-state index is 0.00806. The minimum Gasteiger partial charge on any atom is -0.330 e. The van der Waals surface area contributed by atoms with Crippen molar-refractivity contribution in [1.29, 1.82) is 0 Å². The third-order valence-electron chi connectivity index (χ3n) is 2.39. The van der Waals surface area contributed by atoms with E-state index in [9.17, 15) is 4.79 Å². The second kappa shape index (κ2) is 6.01. The van der Waals surface area contributed by atoms with Gasteiger partial charge in [-0.2, -0.15) is 0 Å². The van der Waals surface area contributed by atoms with Crippen LogP contribution < -0.4 is 11.1 Å². The number of carbonyl (C=O) groups is 1. The van der Waals surface area contributed by atoms with E-state index in [1.807, 2.05) is 32.0 Å². The summed E-state index contributed by atoms with van der Waals surface area (Å²) in [6.07, 6.45) is 0.460. The van der Waals surface area contributed by atoms with Crippen molar-refractivity contribution in [2.45, 2.75) is 20.3 Å². The number of benzene rings is 1. The first-order valence-electron chi connectivity index (χ1n) is 5.29. The van der Waals surface area contributed by atoms with Crippen LogP contribution >= 0.6 is 15.9 Å². The van der Waals surface area contributed by atoms with E-state index in [1.165, 1.54) is 0 Å². The molecule has 1 unspecified atom stereocenters. The number of amides is 1. The van der Waals surface area contributed by atoms with Crippen LogP contribution in [0.3, 0.4) is 0 Å². The molecule has 3 N–H and O–H groups in total. The highest BCUT2D eigenvalue weighted by molar-refractivity contribution is 9.10. The number of halogens is 1. The molecule has 0 aromatic heterocycles. The standard InChI is InChI=1S/C12H17BrN2O/c1-8(7-14)5-12(16)15-10-4-3-9(2)11(13)6-10/h3-4,6,8H,5,7,14H2,1-2H3,(H,15,16). The molecular formula is C12H17BrN2O. The van der Waals surface area contributed by atoms with Gasteiger partial charge in [-0.25, -0.2) is 0 Å². The van der Waals surface area contributed by atoms with Crippen molar-refractivity contribution in [1.82, 2.24) is 0 Å². The Morgan fingerprint density at radius 2 is 2.25 bits per heavy atom. The average Bonchev–Trinajstić information content (AvgIpc) is 2.23. The maximum Gasteiger partial charge on any atom is 0.224 e. The number of carbonyl (C=O) groups excluding carboxylic acids is 1. The number of nitrogens with two attached hydrogens (primary N) is 1. The lowest BCUT2D eigenvalue weighted by atomic mass is 10.1. The van der Waals surface area contributed by atoms with Crippen molar-refractivity contribution in [2.24, 2.45) is 11.7 Å². The molecule has 88 valence electrons. The Hall–Kier alpha value is -0.870. The van der Waals surface area contributed by atoms with E-state index in [2.05, 4.69) is 21.2 Å². The highest BCUT2D eigenvalue weighted by Gasteiger charge is 2.08. The first-order chi connectivity index (χ1) is 7.52. The largest absolute Gasteiger partial charge is 0.330 e. The summed E-state index contributed by atoms with van der Waals surface area (Å²) in [5, 5.41) is 2.85. The van der Waals surface area contributed by atoms with Gasteiger partial charge in [0.15, 0.2) is 0 Å². The monoisotopic (exact) mass is 284 g/mol. The highest BCUT2D eigenvalue weighted by atomic mass is 79.9. The zero-order chi connectivity index (χ0) is 12.1. The van der Waals surface area contributed by atoms with Crippen molar-refractivity contribution in [2.75, 3.05) is 11.9 Å². The molecule has 0 saturated carbocycles. The summed E-state index contributed by atoms with van der Waals surface area (Å²) in [6, 6.07) is 5.76. The topological polar surface area (TPSA) is 55.1 Å². The van der Waals surface area contributed by atoms with Crippen LogP contribution in [0.25, 0.3) is 0 Å². The third kappa shape index (κ3) is 3.94. The summed E-state index contributed by atoms with van der Waals surface area (Å²) in [5.74, 6) is 0.225. The first kappa shape index (κ1) is 13.2. The molecule has 0 saturated heterocycles. The lowest BCUT2D eigenvalue weighted by Crippen LogP contribution is -2.20. The van der Waals surface area contributed by atoms with E-state index in [1.54, 1.807) is 0 Å². The van der Waals surface area contributed by atoms with Gasteiger partial charge in [-0.1, -0.05) is 28.9 Å². The summed E-state index contributed by atoms with van der Waals surface area (Å²) < 4.78 is 0.997. The number of hydrogen-bond acceptors (Lipinski definition) is 2. The van der Waals surface area contributed by atoms with Crippen LogP contribution in [0.2, 0.25) is 0 Å². The molecule has 0 aliphatic rings. The molecule has 1 rings (SSSR count). The molecule has 1 aromatic carbocycles. The van der Waals surface area contributed by atoms with Gasteiger partial charge in [0.1, 0.15) is 0 Å². The smallest absolute Gasteiger partial charge is 0.224 e. The Morgan fingerprint density at radius 1 is 1.56 bits per heavy atom. The first-order valence-corrected chi connectivity index (χ1v) is 6.08. The SMILES string of the molecule is Cc1ccc(NC(=O)CC(C)CN)cc1Br. The Bertz CT molecular complexity index is 379. The summed E-state index contributed by atoms with van der Waals surface area (Å²) in [4.78, 5) is 11.6. The summed E-state index contributed by atoms with van der Waals surface area (Å²) in [5.41, 5.74) is 7.43. The summed E-state index contributed by atoms with van der Waals surface area (Å²) >= 11 is 3.43. The Kier molecular flexibility index (Phi) is 4.96. The van der Waals surface area contributed by atoms with Crippen molar-refractivity contribution >= 4 is 27.5 Å². The lowest BCUT2D eigenvalue weighted by Gasteiger charge is -2.10. The molecule has 0 aliphatic heterocycles. The van der Waals surface area contributed by atoms with Crippen LogP contribution in [0.15, 0.2) is 22.7 Å². The lowest BCUT2D eigenvalue weighted by molar-refractivity contribution is -0.116. The Balaban J connectivity index is 2.59. The highest BCUT2D eigenvalue weighted by Crippen LogP contribution is 2.20. The maximum atomic E-state index is 11.6. The van der Waals surface area contributed by atoms with Crippen LogP contribution in [-0.2, 0) is 4.79 Å². The quantitative estimate of drug-likeness (QED) is 0.893. The molecular weight excluding hydrogens is 268 g/mol. The van der Waals surface area contributed by atoms with E-state index in [0.29, 0.717) is 13.0 Å². The van der Waals surface area contributed by atoms with E-state index < -0.39 is 0 Å². The summed E-state index contributed by atoms with van der Waals surface area (Å²) in [6.45, 7) is 4.50. The van der Waals surface area contributed by atoms with Crippen molar-refractivity contribution in [3.63, 3.8) is 0 Å². The van der Waals surface area contributed by atoms with Crippen LogP contribution in [0.4, 0.5) is 5.69 Å². The molecule has 0 aliphatic carbocycles. The average molecular weight is 285 g/mol. The molecule has 1 amide bonds. The van der Waals surface area contributed by atoms with Gasteiger partial charge in [0, 0.05) is 16.6 Å². The van der Waals surface area contributed by atoms with Gasteiger partial charge in [-0.15, -0.1) is 0 Å². The number of aryl methyl sites for hydroxylation is 1. The predicted octanol–water partition coefficient (Wildman–Crippen LogP) is 2.68. The third-order valence-corrected chi connectivity index (χ3v) is 3.25. The van der Waals surface area contributed by atoms with Gasteiger partial charge < -0.3 is 11.1 Å². The zero-order valence-corrected chi connectivity index (χ0v) is 11.2. The number of anilines is 1. The van der Waals surface area contributed by atoms with E-state index in [4.69, 9.17) is 5.73 Å². The molecule has 0 fully saturated rings. The Labute approximate surface area is 105 Å². The van der Waals surface area contributed by atoms with E-state index >= 15 is 0 Å². The molecule has 16 heavy (non-hydrogen) atoms.